The van der Waals surface area contributed by atoms with Crippen LogP contribution in [-0.2, 0) is 11.8 Å². The SMILES string of the molecule is Cn1c(=O)oc2ccc(C3(C)CCS3)cc21. The normalized spacial score (nSPS) is 24.6. The Morgan fingerprint density at radius 1 is 1.50 bits per heavy atom. The first-order chi connectivity index (χ1) is 7.60. The summed E-state index contributed by atoms with van der Waals surface area (Å²) < 4.78 is 6.90. The number of thioether (sulfide) groups is 1. The van der Waals surface area contributed by atoms with E-state index in [1.54, 1.807) is 11.6 Å². The third-order valence-electron chi connectivity index (χ3n) is 3.40. The molecule has 0 saturated carbocycles. The molecule has 0 spiro atoms. The summed E-state index contributed by atoms with van der Waals surface area (Å²) in [6.45, 7) is 2.25. The van der Waals surface area contributed by atoms with Crippen LogP contribution in [0.5, 0.6) is 0 Å². The zero-order valence-corrected chi connectivity index (χ0v) is 10.1. The van der Waals surface area contributed by atoms with Crippen molar-refractivity contribution in [3.63, 3.8) is 0 Å². The molecular formula is C12H13NO2S. The molecule has 3 rings (SSSR count). The maximum Gasteiger partial charge on any atom is 0.419 e. The van der Waals surface area contributed by atoms with Crippen molar-refractivity contribution < 1.29 is 4.42 Å². The molecule has 1 fully saturated rings. The van der Waals surface area contributed by atoms with Gasteiger partial charge in [0.1, 0.15) is 0 Å². The van der Waals surface area contributed by atoms with E-state index in [2.05, 4.69) is 19.1 Å². The Morgan fingerprint density at radius 2 is 2.25 bits per heavy atom. The van der Waals surface area contributed by atoms with Crippen LogP contribution in [0.15, 0.2) is 27.4 Å². The zero-order valence-electron chi connectivity index (χ0n) is 9.32. The summed E-state index contributed by atoms with van der Waals surface area (Å²) in [5.74, 6) is 0.928. The summed E-state index contributed by atoms with van der Waals surface area (Å²) in [5.41, 5.74) is 2.84. The van der Waals surface area contributed by atoms with Crippen molar-refractivity contribution in [2.24, 2.45) is 7.05 Å². The van der Waals surface area contributed by atoms with Crippen LogP contribution >= 0.6 is 11.8 Å². The van der Waals surface area contributed by atoms with Gasteiger partial charge in [-0.25, -0.2) is 4.79 Å². The van der Waals surface area contributed by atoms with Gasteiger partial charge in [0.2, 0.25) is 0 Å². The number of rotatable bonds is 1. The summed E-state index contributed by atoms with van der Waals surface area (Å²) in [7, 11) is 1.74. The summed E-state index contributed by atoms with van der Waals surface area (Å²) in [6, 6.07) is 6.04. The highest BCUT2D eigenvalue weighted by Gasteiger charge is 2.34. The summed E-state index contributed by atoms with van der Waals surface area (Å²) in [5, 5.41) is 0. The number of aryl methyl sites for hydroxylation is 1. The van der Waals surface area contributed by atoms with Gasteiger partial charge < -0.3 is 4.42 Å². The van der Waals surface area contributed by atoms with Crippen LogP contribution in [0.2, 0.25) is 0 Å². The number of nitrogens with zero attached hydrogens (tertiary/aromatic N) is 1. The smallest absolute Gasteiger partial charge is 0.408 e. The standard InChI is InChI=1S/C12H13NO2S/c1-12(5-6-16-12)8-3-4-10-9(7-8)13(2)11(14)15-10/h3-4,7H,5-6H2,1-2H3. The van der Waals surface area contributed by atoms with Crippen molar-refractivity contribution >= 4 is 22.9 Å². The fourth-order valence-electron chi connectivity index (χ4n) is 2.09. The highest BCUT2D eigenvalue weighted by atomic mass is 32.2. The second-order valence-electron chi connectivity index (χ2n) is 4.44. The van der Waals surface area contributed by atoms with E-state index in [4.69, 9.17) is 4.42 Å². The van der Waals surface area contributed by atoms with E-state index in [0.717, 1.165) is 5.52 Å². The second kappa shape index (κ2) is 3.17. The molecule has 1 saturated heterocycles. The predicted octanol–water partition coefficient (Wildman–Crippen LogP) is 2.48. The summed E-state index contributed by atoms with van der Waals surface area (Å²) in [6.07, 6.45) is 1.20. The number of aromatic nitrogens is 1. The predicted molar refractivity (Wildman–Crippen MR) is 65.9 cm³/mol. The van der Waals surface area contributed by atoms with E-state index >= 15 is 0 Å². The van der Waals surface area contributed by atoms with Gasteiger partial charge in [-0.2, -0.15) is 11.8 Å². The Bertz CT molecular complexity index is 607. The first-order valence-electron chi connectivity index (χ1n) is 5.34. The van der Waals surface area contributed by atoms with Crippen LogP contribution in [0.1, 0.15) is 18.9 Å². The molecule has 1 aliphatic heterocycles. The largest absolute Gasteiger partial charge is 0.419 e. The number of oxazole rings is 1. The number of hydrogen-bond acceptors (Lipinski definition) is 3. The average molecular weight is 235 g/mol. The van der Waals surface area contributed by atoms with Crippen molar-refractivity contribution in [2.75, 3.05) is 5.75 Å². The lowest BCUT2D eigenvalue weighted by Crippen LogP contribution is -2.27. The van der Waals surface area contributed by atoms with Crippen LogP contribution in [0.25, 0.3) is 11.1 Å². The molecule has 0 radical (unpaired) electrons. The Kier molecular flexibility index (Phi) is 1.98. The van der Waals surface area contributed by atoms with Gasteiger partial charge >= 0.3 is 5.76 Å². The van der Waals surface area contributed by atoms with Gasteiger partial charge in [0.05, 0.1) is 5.52 Å². The van der Waals surface area contributed by atoms with Crippen molar-refractivity contribution in [2.45, 2.75) is 18.1 Å². The quantitative estimate of drug-likeness (QED) is 0.761. The van der Waals surface area contributed by atoms with Gasteiger partial charge in [-0.05, 0) is 36.8 Å². The lowest BCUT2D eigenvalue weighted by atomic mass is 9.96. The molecule has 0 bridgehead atoms. The van der Waals surface area contributed by atoms with E-state index in [1.807, 2.05) is 17.8 Å². The topological polar surface area (TPSA) is 35.1 Å². The molecule has 0 N–H and O–H groups in total. The Balaban J connectivity index is 2.22. The highest BCUT2D eigenvalue weighted by Crippen LogP contribution is 2.49. The molecule has 2 aromatic rings. The van der Waals surface area contributed by atoms with E-state index in [1.165, 1.54) is 17.7 Å². The first-order valence-corrected chi connectivity index (χ1v) is 6.33. The van der Waals surface area contributed by atoms with Gasteiger partial charge in [0.25, 0.3) is 0 Å². The van der Waals surface area contributed by atoms with Crippen molar-refractivity contribution in [1.82, 2.24) is 4.57 Å². The Hall–Kier alpha value is -1.16. The zero-order chi connectivity index (χ0) is 11.3. The maximum absolute atomic E-state index is 11.4. The minimum Gasteiger partial charge on any atom is -0.408 e. The lowest BCUT2D eigenvalue weighted by Gasteiger charge is -2.38. The van der Waals surface area contributed by atoms with E-state index < -0.39 is 0 Å². The van der Waals surface area contributed by atoms with E-state index in [9.17, 15) is 4.79 Å². The number of benzene rings is 1. The van der Waals surface area contributed by atoms with Crippen LogP contribution in [0.3, 0.4) is 0 Å². The minimum absolute atomic E-state index is 0.224. The molecule has 4 heteroatoms. The lowest BCUT2D eigenvalue weighted by molar-refractivity contribution is 0.528. The molecule has 1 unspecified atom stereocenters. The van der Waals surface area contributed by atoms with Crippen LogP contribution in [-0.4, -0.2) is 10.3 Å². The highest BCUT2D eigenvalue weighted by molar-refractivity contribution is 8.01. The molecule has 1 aliphatic rings. The van der Waals surface area contributed by atoms with Gasteiger partial charge in [-0.1, -0.05) is 6.07 Å². The molecule has 3 nitrogen and oxygen atoms in total. The average Bonchev–Trinajstić information content (AvgIpc) is 2.51. The van der Waals surface area contributed by atoms with Gasteiger partial charge in [0, 0.05) is 11.8 Å². The molecule has 2 heterocycles. The third kappa shape index (κ3) is 1.26. The molecule has 1 atom stereocenters. The van der Waals surface area contributed by atoms with Crippen molar-refractivity contribution in [3.05, 3.63) is 34.3 Å². The van der Waals surface area contributed by atoms with Crippen molar-refractivity contribution in [1.29, 1.82) is 0 Å². The number of fused-ring (bicyclic) bond motifs is 1. The number of hydrogen-bond donors (Lipinski definition) is 0. The Labute approximate surface area is 97.4 Å². The van der Waals surface area contributed by atoms with Crippen LogP contribution in [0, 0.1) is 0 Å². The van der Waals surface area contributed by atoms with E-state index in [-0.39, 0.29) is 10.5 Å². The molecule has 1 aromatic heterocycles. The Morgan fingerprint density at radius 3 is 2.88 bits per heavy atom. The molecule has 16 heavy (non-hydrogen) atoms. The second-order valence-corrected chi connectivity index (χ2v) is 6.04. The molecule has 0 aliphatic carbocycles. The van der Waals surface area contributed by atoms with Crippen LogP contribution in [0.4, 0.5) is 0 Å². The van der Waals surface area contributed by atoms with Crippen molar-refractivity contribution in [3.8, 4) is 0 Å². The third-order valence-corrected chi connectivity index (χ3v) is 4.89. The summed E-state index contributed by atoms with van der Waals surface area (Å²) >= 11 is 1.96. The molecule has 0 amide bonds. The van der Waals surface area contributed by atoms with Gasteiger partial charge in [-0.15, -0.1) is 0 Å². The molecular weight excluding hydrogens is 222 g/mol. The first kappa shape index (κ1) is 10.0. The van der Waals surface area contributed by atoms with Gasteiger partial charge in [-0.3, -0.25) is 4.57 Å². The monoisotopic (exact) mass is 235 g/mol. The fraction of sp³-hybridized carbons (Fsp3) is 0.417. The van der Waals surface area contributed by atoms with E-state index in [0.29, 0.717) is 5.58 Å². The molecule has 84 valence electrons. The fourth-order valence-corrected chi connectivity index (χ4v) is 3.20. The summed E-state index contributed by atoms with van der Waals surface area (Å²) in [4.78, 5) is 11.4. The van der Waals surface area contributed by atoms with Crippen LogP contribution < -0.4 is 5.76 Å². The van der Waals surface area contributed by atoms with Gasteiger partial charge in [0.15, 0.2) is 5.58 Å². The molecule has 1 aromatic carbocycles. The maximum atomic E-state index is 11.4. The minimum atomic E-state index is -0.293.